The van der Waals surface area contributed by atoms with E-state index in [0.29, 0.717) is 6.61 Å². The van der Waals surface area contributed by atoms with Gasteiger partial charge >= 0.3 is 0 Å². The summed E-state index contributed by atoms with van der Waals surface area (Å²) in [7, 11) is 0. The maximum atomic E-state index is 13.8. The summed E-state index contributed by atoms with van der Waals surface area (Å²) in [5.41, 5.74) is 2.74. The highest BCUT2D eigenvalue weighted by molar-refractivity contribution is 8.01. The minimum Gasteiger partial charge on any atom is -0.492 e. The number of fused-ring (bicyclic) bond motifs is 3. The maximum Gasteiger partial charge on any atom is 0.175 e. The SMILES string of the molecule is CC1(C)Sc2ccccc2C2=C1C[C@@]1(CO2)C(=O)c2ccccc2SC1(C)C. The quantitative estimate of drug-likeness (QED) is 0.500. The number of Topliss-reactive ketones (excluding diaryl/α,β-unsaturated/α-hetero) is 1. The summed E-state index contributed by atoms with van der Waals surface area (Å²) >= 11 is 3.70. The second-order valence-corrected chi connectivity index (χ2v) is 12.2. The van der Waals surface area contributed by atoms with Crippen LogP contribution in [0.4, 0.5) is 0 Å². The molecule has 5 rings (SSSR count). The van der Waals surface area contributed by atoms with Gasteiger partial charge in [-0.15, -0.1) is 23.5 Å². The molecule has 1 atom stereocenters. The lowest BCUT2D eigenvalue weighted by Gasteiger charge is -2.53. The Kier molecular flexibility index (Phi) is 3.89. The van der Waals surface area contributed by atoms with Crippen LogP contribution >= 0.6 is 23.5 Å². The first-order valence-corrected chi connectivity index (χ1v) is 11.4. The Hall–Kier alpha value is -1.65. The molecular weight excluding hydrogens is 384 g/mol. The Morgan fingerprint density at radius 1 is 0.857 bits per heavy atom. The fourth-order valence-corrected chi connectivity index (χ4v) is 7.34. The summed E-state index contributed by atoms with van der Waals surface area (Å²) in [5.74, 6) is 1.23. The van der Waals surface area contributed by atoms with Crippen LogP contribution in [0.1, 0.15) is 50.0 Å². The van der Waals surface area contributed by atoms with Crippen LogP contribution in [-0.4, -0.2) is 21.9 Å². The molecule has 3 aliphatic rings. The third-order valence-corrected chi connectivity index (χ3v) is 9.33. The predicted octanol–water partition coefficient (Wildman–Crippen LogP) is 6.46. The third-order valence-electron chi connectivity index (χ3n) is 6.52. The maximum absolute atomic E-state index is 13.8. The van der Waals surface area contributed by atoms with Crippen molar-refractivity contribution in [3.63, 3.8) is 0 Å². The number of rotatable bonds is 0. The van der Waals surface area contributed by atoms with Gasteiger partial charge in [0.25, 0.3) is 0 Å². The van der Waals surface area contributed by atoms with Gasteiger partial charge in [-0.2, -0.15) is 0 Å². The number of thioether (sulfide) groups is 2. The molecule has 0 N–H and O–H groups in total. The van der Waals surface area contributed by atoms with E-state index in [-0.39, 0.29) is 15.3 Å². The smallest absolute Gasteiger partial charge is 0.175 e. The largest absolute Gasteiger partial charge is 0.492 e. The van der Waals surface area contributed by atoms with Crippen LogP contribution in [0.15, 0.2) is 63.9 Å². The van der Waals surface area contributed by atoms with Crippen LogP contribution in [0.25, 0.3) is 5.76 Å². The first kappa shape index (κ1) is 18.4. The van der Waals surface area contributed by atoms with E-state index >= 15 is 0 Å². The van der Waals surface area contributed by atoms with E-state index < -0.39 is 5.41 Å². The van der Waals surface area contributed by atoms with Gasteiger partial charge in [-0.3, -0.25) is 4.79 Å². The van der Waals surface area contributed by atoms with E-state index in [1.54, 1.807) is 0 Å². The zero-order valence-corrected chi connectivity index (χ0v) is 18.3. The van der Waals surface area contributed by atoms with E-state index in [9.17, 15) is 4.79 Å². The van der Waals surface area contributed by atoms with Crippen molar-refractivity contribution in [1.29, 1.82) is 0 Å². The summed E-state index contributed by atoms with van der Waals surface area (Å²) in [6, 6.07) is 16.5. The number of carbonyl (C=O) groups is 1. The molecule has 0 fully saturated rings. The molecule has 28 heavy (non-hydrogen) atoms. The number of carbonyl (C=O) groups excluding carboxylic acids is 1. The van der Waals surface area contributed by atoms with Crippen LogP contribution in [0.5, 0.6) is 0 Å². The normalized spacial score (nSPS) is 26.9. The van der Waals surface area contributed by atoms with Crippen LogP contribution in [0.2, 0.25) is 0 Å². The van der Waals surface area contributed by atoms with Crippen molar-refractivity contribution < 1.29 is 9.53 Å². The molecule has 0 aromatic heterocycles. The van der Waals surface area contributed by atoms with Crippen LogP contribution in [-0.2, 0) is 4.74 Å². The molecule has 0 amide bonds. The molecular formula is C24H24O2S2. The summed E-state index contributed by atoms with van der Waals surface area (Å²) in [4.78, 5) is 16.2. The van der Waals surface area contributed by atoms with Crippen LogP contribution in [0, 0.1) is 5.41 Å². The Bertz CT molecular complexity index is 1030. The van der Waals surface area contributed by atoms with Crippen molar-refractivity contribution in [3.8, 4) is 0 Å². The van der Waals surface area contributed by atoms with Gasteiger partial charge in [0.15, 0.2) is 5.78 Å². The molecule has 2 aromatic carbocycles. The van der Waals surface area contributed by atoms with Gasteiger partial charge in [-0.1, -0.05) is 36.4 Å². The summed E-state index contributed by atoms with van der Waals surface area (Å²) in [6.07, 6.45) is 0.754. The van der Waals surface area contributed by atoms with Gasteiger partial charge in [-0.05, 0) is 51.8 Å². The summed E-state index contributed by atoms with van der Waals surface area (Å²) in [6.45, 7) is 9.36. The second kappa shape index (κ2) is 5.93. The highest BCUT2D eigenvalue weighted by Gasteiger charge is 2.59. The fourth-order valence-electron chi connectivity index (χ4n) is 4.70. The van der Waals surface area contributed by atoms with Gasteiger partial charge in [0.2, 0.25) is 0 Å². The van der Waals surface area contributed by atoms with Gasteiger partial charge in [-0.25, -0.2) is 0 Å². The van der Waals surface area contributed by atoms with E-state index in [0.717, 1.165) is 22.6 Å². The highest BCUT2D eigenvalue weighted by atomic mass is 32.2. The van der Waals surface area contributed by atoms with Crippen molar-refractivity contribution in [1.82, 2.24) is 0 Å². The molecule has 3 heterocycles. The Balaban J connectivity index is 1.67. The summed E-state index contributed by atoms with van der Waals surface area (Å²) < 4.78 is 6.15. The van der Waals surface area contributed by atoms with E-state index in [4.69, 9.17) is 4.74 Å². The Labute approximate surface area is 175 Å². The topological polar surface area (TPSA) is 26.3 Å². The number of hydrogen-bond donors (Lipinski definition) is 0. The predicted molar refractivity (Wildman–Crippen MR) is 117 cm³/mol. The average Bonchev–Trinajstić information content (AvgIpc) is 2.66. The summed E-state index contributed by atoms with van der Waals surface area (Å²) in [5, 5.41) is 0. The minimum absolute atomic E-state index is 0.102. The van der Waals surface area contributed by atoms with Gasteiger partial charge in [0.05, 0.1) is 5.41 Å². The van der Waals surface area contributed by atoms with Crippen molar-refractivity contribution in [2.75, 3.05) is 6.61 Å². The van der Waals surface area contributed by atoms with Crippen molar-refractivity contribution in [2.24, 2.45) is 5.41 Å². The fraction of sp³-hybridized carbons (Fsp3) is 0.375. The number of benzene rings is 2. The molecule has 0 bridgehead atoms. The highest BCUT2D eigenvalue weighted by Crippen LogP contribution is 2.62. The minimum atomic E-state index is -0.547. The lowest BCUT2D eigenvalue weighted by molar-refractivity contribution is 0.0453. The molecule has 2 aromatic rings. The average molecular weight is 409 g/mol. The molecule has 0 saturated heterocycles. The molecule has 3 aliphatic heterocycles. The number of hydrogen-bond acceptors (Lipinski definition) is 4. The third kappa shape index (κ3) is 2.40. The monoisotopic (exact) mass is 408 g/mol. The molecule has 0 radical (unpaired) electrons. The van der Waals surface area contributed by atoms with Crippen LogP contribution < -0.4 is 0 Å². The molecule has 0 unspecified atom stereocenters. The molecule has 144 valence electrons. The lowest BCUT2D eigenvalue weighted by Crippen LogP contribution is -2.55. The lowest BCUT2D eigenvalue weighted by atomic mass is 9.64. The first-order valence-electron chi connectivity index (χ1n) is 9.73. The molecule has 4 heteroatoms. The van der Waals surface area contributed by atoms with Gasteiger partial charge in [0.1, 0.15) is 12.4 Å². The zero-order chi connectivity index (χ0) is 19.7. The van der Waals surface area contributed by atoms with Crippen molar-refractivity contribution in [2.45, 2.75) is 53.4 Å². The van der Waals surface area contributed by atoms with Gasteiger partial charge < -0.3 is 4.74 Å². The Morgan fingerprint density at radius 3 is 2.18 bits per heavy atom. The van der Waals surface area contributed by atoms with E-state index in [1.807, 2.05) is 41.7 Å². The van der Waals surface area contributed by atoms with Crippen molar-refractivity contribution in [3.05, 3.63) is 65.2 Å². The molecule has 1 spiro atoms. The Morgan fingerprint density at radius 2 is 1.46 bits per heavy atom. The first-order chi connectivity index (χ1) is 13.3. The molecule has 0 aliphatic carbocycles. The van der Waals surface area contributed by atoms with Crippen molar-refractivity contribution >= 4 is 35.1 Å². The van der Waals surface area contributed by atoms with E-state index in [1.165, 1.54) is 16.0 Å². The van der Waals surface area contributed by atoms with Crippen LogP contribution in [0.3, 0.4) is 0 Å². The number of ketones is 1. The second-order valence-electron chi connectivity index (χ2n) is 8.90. The zero-order valence-electron chi connectivity index (χ0n) is 16.7. The molecule has 2 nitrogen and oxygen atoms in total. The van der Waals surface area contributed by atoms with Gasteiger partial charge in [0, 0.05) is 30.4 Å². The number of ether oxygens (including phenoxy) is 1. The standard InChI is InChI=1S/C24H24O2S2/c1-22(2)17-13-24(14-26-20(17)15-9-5-7-11-18(15)27-22)21(25)16-10-6-8-12-19(16)28-23(24,3)4/h5-12H,13-14H2,1-4H3/t24-/m1/s1. The van der Waals surface area contributed by atoms with E-state index in [2.05, 4.69) is 58.0 Å². The molecule has 0 saturated carbocycles.